The highest BCUT2D eigenvalue weighted by molar-refractivity contribution is 7.25. The average molecular weight is 730 g/mol. The van der Waals surface area contributed by atoms with Crippen molar-refractivity contribution in [3.63, 3.8) is 0 Å². The maximum Gasteiger partial charge on any atom is 0.0540 e. The lowest BCUT2D eigenvalue weighted by Crippen LogP contribution is -2.10. The minimum absolute atomic E-state index is 1.11. The molecule has 2 heteroatoms. The summed E-state index contributed by atoms with van der Waals surface area (Å²) in [6.45, 7) is 0. The zero-order chi connectivity index (χ0) is 37.0. The molecule has 0 aliphatic heterocycles. The molecule has 11 aromatic rings. The van der Waals surface area contributed by atoms with E-state index >= 15 is 0 Å². The van der Waals surface area contributed by atoms with Crippen molar-refractivity contribution in [2.24, 2.45) is 0 Å². The van der Waals surface area contributed by atoms with Gasteiger partial charge in [0.05, 0.1) is 5.69 Å². The van der Waals surface area contributed by atoms with Gasteiger partial charge in [-0.05, 0) is 103 Å². The van der Waals surface area contributed by atoms with Gasteiger partial charge in [0, 0.05) is 36.9 Å². The highest BCUT2D eigenvalue weighted by atomic mass is 32.1. The molecular weight excluding hydrogens is 695 g/mol. The second-order valence-electron chi connectivity index (χ2n) is 14.5. The lowest BCUT2D eigenvalue weighted by molar-refractivity contribution is 1.30. The number of hydrogen-bond donors (Lipinski definition) is 0. The second-order valence-corrected chi connectivity index (χ2v) is 15.6. The van der Waals surface area contributed by atoms with Gasteiger partial charge in [0.25, 0.3) is 0 Å². The third kappa shape index (κ3) is 5.46. The molecule has 1 heterocycles. The summed E-state index contributed by atoms with van der Waals surface area (Å²) in [6.07, 6.45) is 0. The molecule has 0 aliphatic carbocycles. The quantitative estimate of drug-likeness (QED) is 0.165. The van der Waals surface area contributed by atoms with E-state index in [-0.39, 0.29) is 0 Å². The van der Waals surface area contributed by atoms with Crippen LogP contribution in [0.15, 0.2) is 212 Å². The summed E-state index contributed by atoms with van der Waals surface area (Å²) in [7, 11) is 0. The van der Waals surface area contributed by atoms with Crippen LogP contribution in [-0.2, 0) is 0 Å². The molecular formula is C54H35NS. The first kappa shape index (κ1) is 32.4. The first-order valence-electron chi connectivity index (χ1n) is 19.2. The number of rotatable bonds is 6. The summed E-state index contributed by atoms with van der Waals surface area (Å²) in [5, 5.41) is 10.1. The van der Waals surface area contributed by atoms with Crippen LogP contribution in [0.1, 0.15) is 0 Å². The Hall–Kier alpha value is -7.00. The van der Waals surface area contributed by atoms with Crippen molar-refractivity contribution in [3.8, 4) is 33.4 Å². The van der Waals surface area contributed by atoms with Crippen molar-refractivity contribution in [3.05, 3.63) is 212 Å². The van der Waals surface area contributed by atoms with Crippen molar-refractivity contribution in [1.29, 1.82) is 0 Å². The van der Waals surface area contributed by atoms with E-state index in [9.17, 15) is 0 Å². The van der Waals surface area contributed by atoms with Crippen LogP contribution in [0.5, 0.6) is 0 Å². The summed E-state index contributed by atoms with van der Waals surface area (Å²) in [4.78, 5) is 2.44. The smallest absolute Gasteiger partial charge is 0.0540 e. The predicted molar refractivity (Wildman–Crippen MR) is 243 cm³/mol. The lowest BCUT2D eigenvalue weighted by atomic mass is 9.91. The molecule has 0 atom stereocenters. The van der Waals surface area contributed by atoms with Crippen molar-refractivity contribution < 1.29 is 0 Å². The van der Waals surface area contributed by atoms with Gasteiger partial charge in [-0.3, -0.25) is 0 Å². The van der Waals surface area contributed by atoms with E-state index in [0.717, 1.165) is 17.1 Å². The third-order valence-electron chi connectivity index (χ3n) is 11.2. The maximum absolute atomic E-state index is 2.44. The zero-order valence-corrected chi connectivity index (χ0v) is 31.4. The van der Waals surface area contributed by atoms with E-state index in [4.69, 9.17) is 0 Å². The Morgan fingerprint density at radius 3 is 1.71 bits per heavy atom. The topological polar surface area (TPSA) is 3.24 Å². The molecule has 1 nitrogen and oxygen atoms in total. The summed E-state index contributed by atoms with van der Waals surface area (Å²) >= 11 is 1.86. The van der Waals surface area contributed by atoms with Crippen molar-refractivity contribution in [1.82, 2.24) is 0 Å². The number of thiophene rings is 1. The van der Waals surface area contributed by atoms with Crippen molar-refractivity contribution >= 4 is 80.9 Å². The van der Waals surface area contributed by atoms with Crippen molar-refractivity contribution in [2.45, 2.75) is 0 Å². The van der Waals surface area contributed by atoms with Gasteiger partial charge >= 0.3 is 0 Å². The van der Waals surface area contributed by atoms with Crippen LogP contribution >= 0.6 is 11.3 Å². The Balaban J connectivity index is 1.09. The van der Waals surface area contributed by atoms with Gasteiger partial charge in [-0.25, -0.2) is 0 Å². The van der Waals surface area contributed by atoms with Gasteiger partial charge < -0.3 is 4.90 Å². The summed E-state index contributed by atoms with van der Waals surface area (Å²) in [5.41, 5.74) is 10.8. The minimum Gasteiger partial charge on any atom is -0.310 e. The molecule has 11 rings (SSSR count). The summed E-state index contributed by atoms with van der Waals surface area (Å²) < 4.78 is 2.59. The monoisotopic (exact) mass is 729 g/mol. The molecule has 1 aromatic heterocycles. The van der Waals surface area contributed by atoms with E-state index in [1.165, 1.54) is 85.9 Å². The molecule has 0 N–H and O–H groups in total. The van der Waals surface area contributed by atoms with Crippen LogP contribution in [0.2, 0.25) is 0 Å². The van der Waals surface area contributed by atoms with Crippen molar-refractivity contribution in [2.75, 3.05) is 4.90 Å². The molecule has 10 aromatic carbocycles. The fourth-order valence-corrected chi connectivity index (χ4v) is 9.74. The molecule has 0 saturated heterocycles. The predicted octanol–water partition coefficient (Wildman–Crippen LogP) is 16.0. The fourth-order valence-electron chi connectivity index (χ4n) is 8.60. The number of hydrogen-bond acceptors (Lipinski definition) is 2. The highest BCUT2D eigenvalue weighted by Gasteiger charge is 2.19. The van der Waals surface area contributed by atoms with E-state index in [0.29, 0.717) is 0 Å². The van der Waals surface area contributed by atoms with E-state index in [1.54, 1.807) is 0 Å². The molecule has 0 aliphatic rings. The highest BCUT2D eigenvalue weighted by Crippen LogP contribution is 2.45. The first-order chi connectivity index (χ1) is 27.8. The fraction of sp³-hybridized carbons (Fsp3) is 0. The Bertz CT molecular complexity index is 3240. The van der Waals surface area contributed by atoms with E-state index in [1.807, 2.05) is 11.3 Å². The van der Waals surface area contributed by atoms with Crippen LogP contribution in [0, 0.1) is 0 Å². The van der Waals surface area contributed by atoms with Crippen LogP contribution in [0.4, 0.5) is 17.1 Å². The van der Waals surface area contributed by atoms with Gasteiger partial charge in [-0.2, -0.15) is 0 Å². The Morgan fingerprint density at radius 1 is 0.304 bits per heavy atom. The molecule has 0 unspecified atom stereocenters. The molecule has 0 saturated carbocycles. The van der Waals surface area contributed by atoms with Gasteiger partial charge in [0.2, 0.25) is 0 Å². The molecule has 56 heavy (non-hydrogen) atoms. The van der Waals surface area contributed by atoms with Crippen LogP contribution < -0.4 is 4.90 Å². The third-order valence-corrected chi connectivity index (χ3v) is 12.4. The van der Waals surface area contributed by atoms with Gasteiger partial charge in [0.15, 0.2) is 0 Å². The standard InChI is InChI=1S/C54H35NS/c1-2-13-37(14-3-1)45-21-10-16-39-17-11-22-46(54(39)45)38-26-28-42(29-27-38)55(43-30-31-50-49-20-8-9-23-52(49)56-53(50)35-43)51-33-32-44(47-18-6-7-19-48(47)51)41-25-24-36-12-4-5-15-40(36)34-41/h1-35H. The number of fused-ring (bicyclic) bond motifs is 6. The Labute approximate surface area is 330 Å². The van der Waals surface area contributed by atoms with Gasteiger partial charge in [0.1, 0.15) is 0 Å². The average Bonchev–Trinajstić information content (AvgIpc) is 3.64. The van der Waals surface area contributed by atoms with Gasteiger partial charge in [-0.1, -0.05) is 170 Å². The number of benzene rings is 10. The zero-order valence-electron chi connectivity index (χ0n) is 30.6. The molecule has 0 radical (unpaired) electrons. The van der Waals surface area contributed by atoms with E-state index in [2.05, 4.69) is 217 Å². The SMILES string of the molecule is c1ccc(-c2cccc3cccc(-c4ccc(N(c5ccc6c(c5)sc5ccccc56)c5ccc(-c6ccc7ccccc7c6)c6ccccc56)cc4)c23)cc1. The molecule has 0 spiro atoms. The molecule has 0 fully saturated rings. The second kappa shape index (κ2) is 13.4. The van der Waals surface area contributed by atoms with Crippen LogP contribution in [-0.4, -0.2) is 0 Å². The number of nitrogens with zero attached hydrogens (tertiary/aromatic N) is 1. The summed E-state index contributed by atoms with van der Waals surface area (Å²) in [6, 6.07) is 77.8. The normalized spacial score (nSPS) is 11.6. The molecule has 0 bridgehead atoms. The minimum atomic E-state index is 1.11. The largest absolute Gasteiger partial charge is 0.310 e. The Morgan fingerprint density at radius 2 is 0.911 bits per heavy atom. The molecule has 0 amide bonds. The Kier molecular flexibility index (Phi) is 7.75. The molecule has 262 valence electrons. The van der Waals surface area contributed by atoms with E-state index < -0.39 is 0 Å². The maximum atomic E-state index is 2.44. The summed E-state index contributed by atoms with van der Waals surface area (Å²) in [5.74, 6) is 0. The lowest BCUT2D eigenvalue weighted by Gasteiger charge is -2.28. The van der Waals surface area contributed by atoms with Crippen LogP contribution in [0.25, 0.3) is 85.9 Å². The van der Waals surface area contributed by atoms with Gasteiger partial charge in [-0.15, -0.1) is 11.3 Å². The van der Waals surface area contributed by atoms with Crippen LogP contribution in [0.3, 0.4) is 0 Å². The number of anilines is 3. The first-order valence-corrected chi connectivity index (χ1v) is 20.0.